The Bertz CT molecular complexity index is 80.3. The Morgan fingerprint density at radius 2 is 0.833 bits per heavy atom. The average Bonchev–Trinajstić information content (AvgIpc) is 2.16. The van der Waals surface area contributed by atoms with Crippen LogP contribution >= 0.6 is 0 Å². The maximum atomic E-state index is 2.26. The summed E-state index contributed by atoms with van der Waals surface area (Å²) in [5.74, 6) is 0.833. The molecule has 0 bridgehead atoms. The van der Waals surface area contributed by atoms with Crippen LogP contribution in [0.15, 0.2) is 0 Å². The molecule has 0 aromatic rings. The van der Waals surface area contributed by atoms with Crippen molar-refractivity contribution in [1.82, 2.24) is 4.90 Å². The maximum absolute atomic E-state index is 2.26. The molecule has 0 atom stereocenters. The first-order chi connectivity index (χ1) is 7.88. The Balaban J connectivity index is -0.0000000922. The van der Waals surface area contributed by atoms with Crippen molar-refractivity contribution in [3.63, 3.8) is 0 Å². The molecule has 0 aliphatic rings. The van der Waals surface area contributed by atoms with E-state index in [0.717, 1.165) is 5.92 Å². The smallest absolute Gasteiger partial charge is 0.0140 e. The van der Waals surface area contributed by atoms with Gasteiger partial charge in [0.1, 0.15) is 0 Å². The van der Waals surface area contributed by atoms with E-state index >= 15 is 0 Å². The average molecular weight is 262 g/mol. The van der Waals surface area contributed by atoms with Gasteiger partial charge in [-0.25, -0.2) is 0 Å². The van der Waals surface area contributed by atoms with Gasteiger partial charge in [-0.2, -0.15) is 0 Å². The zero-order valence-electron chi connectivity index (χ0n) is 14.0. The zero-order chi connectivity index (χ0) is 14.1. The van der Waals surface area contributed by atoms with Gasteiger partial charge in [0.15, 0.2) is 0 Å². The van der Waals surface area contributed by atoms with Crippen LogP contribution in [0.3, 0.4) is 0 Å². The van der Waals surface area contributed by atoms with Crippen LogP contribution < -0.4 is 0 Å². The Hall–Kier alpha value is -0.0400. The third kappa shape index (κ3) is 101. The van der Waals surface area contributed by atoms with Crippen molar-refractivity contribution in [3.05, 3.63) is 0 Å². The first-order valence-electron chi connectivity index (χ1n) is 7.49. The highest BCUT2D eigenvalue weighted by atomic mass is 15.0. The SMILES string of the molecule is C.CC(C)C.CCCCCCCCC.CN(C)C. The van der Waals surface area contributed by atoms with Crippen LogP contribution in [0.4, 0.5) is 0 Å². The van der Waals surface area contributed by atoms with Crippen molar-refractivity contribution < 1.29 is 0 Å². The molecule has 0 spiro atoms. The van der Waals surface area contributed by atoms with Crippen molar-refractivity contribution in [1.29, 1.82) is 0 Å². The standard InChI is InChI=1S/C9H20.C4H10.C3H9N.CH4/c1-3-5-7-9-8-6-4-2;2*1-4(2)3;/h3-9H2,1-2H3;4H,1-3H3;1-3H3;1H4. The number of rotatable bonds is 6. The van der Waals surface area contributed by atoms with Gasteiger partial charge in [0.05, 0.1) is 0 Å². The second kappa shape index (κ2) is 25.7. The van der Waals surface area contributed by atoms with Crippen molar-refractivity contribution in [3.8, 4) is 0 Å². The van der Waals surface area contributed by atoms with Gasteiger partial charge in [0, 0.05) is 0 Å². The van der Waals surface area contributed by atoms with Crippen LogP contribution in [0.2, 0.25) is 0 Å². The molecule has 0 aromatic heterocycles. The molecule has 116 valence electrons. The van der Waals surface area contributed by atoms with E-state index < -0.39 is 0 Å². The monoisotopic (exact) mass is 261 g/mol. The number of unbranched alkanes of at least 4 members (excludes halogenated alkanes) is 6. The van der Waals surface area contributed by atoms with Crippen LogP contribution in [-0.2, 0) is 0 Å². The van der Waals surface area contributed by atoms with Gasteiger partial charge in [-0.15, -0.1) is 0 Å². The third-order valence-corrected chi connectivity index (χ3v) is 1.71. The minimum atomic E-state index is 0. The van der Waals surface area contributed by atoms with E-state index in [1.807, 2.05) is 26.0 Å². The Labute approximate surface area is 119 Å². The summed E-state index contributed by atoms with van der Waals surface area (Å²) in [7, 11) is 6.00. The molecule has 1 heteroatoms. The lowest BCUT2D eigenvalue weighted by Crippen LogP contribution is -1.99. The summed E-state index contributed by atoms with van der Waals surface area (Å²) in [6, 6.07) is 0. The molecule has 0 unspecified atom stereocenters. The molecule has 1 nitrogen and oxygen atoms in total. The molecule has 0 radical (unpaired) electrons. The maximum Gasteiger partial charge on any atom is -0.0140 e. The summed E-state index contributed by atoms with van der Waals surface area (Å²) in [4.78, 5) is 2.00. The van der Waals surface area contributed by atoms with Crippen molar-refractivity contribution in [2.45, 2.75) is 87.0 Å². The molecule has 0 aliphatic carbocycles. The van der Waals surface area contributed by atoms with Crippen LogP contribution in [0, 0.1) is 5.92 Å². The Kier molecular flexibility index (Phi) is 37.9. The summed E-state index contributed by atoms with van der Waals surface area (Å²) >= 11 is 0. The molecular weight excluding hydrogens is 218 g/mol. The van der Waals surface area contributed by atoms with Crippen LogP contribution in [0.25, 0.3) is 0 Å². The molecule has 0 rings (SSSR count). The lowest BCUT2D eigenvalue weighted by atomic mass is 10.1. The van der Waals surface area contributed by atoms with Crippen molar-refractivity contribution in [2.24, 2.45) is 5.92 Å². The summed E-state index contributed by atoms with van der Waals surface area (Å²) in [5, 5.41) is 0. The van der Waals surface area contributed by atoms with Crippen LogP contribution in [0.1, 0.15) is 87.0 Å². The predicted molar refractivity (Wildman–Crippen MR) is 90.5 cm³/mol. The number of hydrogen-bond donors (Lipinski definition) is 0. The van der Waals surface area contributed by atoms with E-state index in [2.05, 4.69) is 34.6 Å². The molecule has 0 saturated carbocycles. The third-order valence-electron chi connectivity index (χ3n) is 1.71. The highest BCUT2D eigenvalue weighted by Crippen LogP contribution is 2.05. The molecule has 0 aliphatic heterocycles. The van der Waals surface area contributed by atoms with Gasteiger partial charge in [-0.1, -0.05) is 87.0 Å². The lowest BCUT2D eigenvalue weighted by molar-refractivity contribution is 0.505. The first kappa shape index (κ1) is 26.5. The fourth-order valence-electron chi connectivity index (χ4n) is 1.03. The van der Waals surface area contributed by atoms with Gasteiger partial charge in [-0.3, -0.25) is 0 Å². The van der Waals surface area contributed by atoms with Gasteiger partial charge in [-0.05, 0) is 27.1 Å². The Morgan fingerprint density at radius 1 is 0.667 bits per heavy atom. The van der Waals surface area contributed by atoms with Crippen LogP contribution in [-0.4, -0.2) is 26.0 Å². The number of nitrogens with zero attached hydrogens (tertiary/aromatic N) is 1. The molecule has 18 heavy (non-hydrogen) atoms. The van der Waals surface area contributed by atoms with Gasteiger partial charge < -0.3 is 4.90 Å². The minimum absolute atomic E-state index is 0. The highest BCUT2D eigenvalue weighted by Gasteiger charge is 1.85. The van der Waals surface area contributed by atoms with Crippen LogP contribution in [0.5, 0.6) is 0 Å². The van der Waals surface area contributed by atoms with Crippen molar-refractivity contribution >= 4 is 0 Å². The van der Waals surface area contributed by atoms with E-state index in [0.29, 0.717) is 0 Å². The molecule has 0 aromatic carbocycles. The molecular formula is C17H43N. The Morgan fingerprint density at radius 3 is 1.00 bits per heavy atom. The molecule has 0 saturated heterocycles. The molecule has 0 amide bonds. The van der Waals surface area contributed by atoms with Gasteiger partial charge >= 0.3 is 0 Å². The summed E-state index contributed by atoms with van der Waals surface area (Å²) in [5.41, 5.74) is 0. The van der Waals surface area contributed by atoms with Gasteiger partial charge in [0.2, 0.25) is 0 Å². The fourth-order valence-corrected chi connectivity index (χ4v) is 1.03. The van der Waals surface area contributed by atoms with E-state index in [1.165, 1.54) is 44.9 Å². The molecule has 0 N–H and O–H groups in total. The number of hydrogen-bond acceptors (Lipinski definition) is 1. The molecule has 0 fully saturated rings. The topological polar surface area (TPSA) is 3.24 Å². The lowest BCUT2D eigenvalue weighted by Gasteiger charge is -1.96. The summed E-state index contributed by atoms with van der Waals surface area (Å²) in [6.07, 6.45) is 9.97. The van der Waals surface area contributed by atoms with Gasteiger partial charge in [0.25, 0.3) is 0 Å². The van der Waals surface area contributed by atoms with E-state index in [4.69, 9.17) is 0 Å². The highest BCUT2D eigenvalue weighted by molar-refractivity contribution is 4.41. The molecule has 0 heterocycles. The second-order valence-corrected chi connectivity index (χ2v) is 5.84. The minimum Gasteiger partial charge on any atom is -0.312 e. The quantitative estimate of drug-likeness (QED) is 0.512. The second-order valence-electron chi connectivity index (χ2n) is 5.84. The summed E-state index contributed by atoms with van der Waals surface area (Å²) in [6.45, 7) is 11.0. The normalized spacial score (nSPS) is 9.00. The van der Waals surface area contributed by atoms with E-state index in [-0.39, 0.29) is 7.43 Å². The summed E-state index contributed by atoms with van der Waals surface area (Å²) < 4.78 is 0. The van der Waals surface area contributed by atoms with Crippen molar-refractivity contribution in [2.75, 3.05) is 21.1 Å². The van der Waals surface area contributed by atoms with E-state index in [1.54, 1.807) is 0 Å². The zero-order valence-corrected chi connectivity index (χ0v) is 14.0. The van der Waals surface area contributed by atoms with E-state index in [9.17, 15) is 0 Å². The predicted octanol–water partition coefficient (Wildman–Crippen LogP) is 6.23. The first-order valence-corrected chi connectivity index (χ1v) is 7.49. The largest absolute Gasteiger partial charge is 0.312 e. The fraction of sp³-hybridized carbons (Fsp3) is 1.00.